The van der Waals surface area contributed by atoms with Crippen molar-refractivity contribution in [1.82, 2.24) is 0 Å². The van der Waals surface area contributed by atoms with Crippen molar-refractivity contribution < 1.29 is 38.3 Å². The van der Waals surface area contributed by atoms with Gasteiger partial charge < -0.3 is 33.5 Å². The Kier molecular flexibility index (Phi) is 11.0. The van der Waals surface area contributed by atoms with Crippen molar-refractivity contribution >= 4 is 5.97 Å². The Bertz CT molecular complexity index is 1190. The van der Waals surface area contributed by atoms with Crippen molar-refractivity contribution in [3.05, 3.63) is 65.7 Å². The smallest absolute Gasteiger partial charge is 0.308 e. The largest absolute Gasteiger partial charge is 0.497 e. The van der Waals surface area contributed by atoms with E-state index in [1.807, 2.05) is 54.6 Å². The Morgan fingerprint density at radius 2 is 1.70 bits per heavy atom. The molecule has 3 heterocycles. The number of benzene rings is 2. The van der Waals surface area contributed by atoms with Crippen LogP contribution in [0.25, 0.3) is 0 Å². The summed E-state index contributed by atoms with van der Waals surface area (Å²) in [5, 5.41) is 10.9. The summed E-state index contributed by atoms with van der Waals surface area (Å²) in [6, 6.07) is 17.5. The fourth-order valence-electron chi connectivity index (χ4n) is 7.11. The first-order chi connectivity index (χ1) is 21.2. The zero-order valence-electron chi connectivity index (χ0n) is 26.9. The van der Waals surface area contributed by atoms with Gasteiger partial charge in [-0.15, -0.1) is 0 Å². The molecule has 1 unspecified atom stereocenters. The van der Waals surface area contributed by atoms with Crippen LogP contribution in [0.1, 0.15) is 77.3 Å². The second kappa shape index (κ2) is 14.7. The molecule has 2 aromatic rings. The van der Waals surface area contributed by atoms with E-state index in [0.717, 1.165) is 23.3 Å². The van der Waals surface area contributed by atoms with Gasteiger partial charge in [0.15, 0.2) is 5.79 Å². The minimum absolute atomic E-state index is 0.0603. The van der Waals surface area contributed by atoms with E-state index in [4.69, 9.17) is 28.4 Å². The second-order valence-corrected chi connectivity index (χ2v) is 13.3. The van der Waals surface area contributed by atoms with Gasteiger partial charge >= 0.3 is 5.97 Å². The van der Waals surface area contributed by atoms with Crippen molar-refractivity contribution in [3.8, 4) is 5.75 Å². The zero-order chi connectivity index (χ0) is 31.3. The topological polar surface area (TPSA) is 92.7 Å². The molecule has 3 aliphatic heterocycles. The van der Waals surface area contributed by atoms with Crippen LogP contribution in [-0.2, 0) is 41.7 Å². The highest BCUT2D eigenvalue weighted by Gasteiger charge is 2.56. The predicted octanol–water partition coefficient (Wildman–Crippen LogP) is 6.21. The number of ether oxygens (including phenoxy) is 6. The van der Waals surface area contributed by atoms with Gasteiger partial charge in [0.25, 0.3) is 0 Å². The zero-order valence-corrected chi connectivity index (χ0v) is 26.9. The van der Waals surface area contributed by atoms with Crippen LogP contribution in [0.15, 0.2) is 54.6 Å². The standard InChI is InChI=1S/C36H50O8/c1-6-23(2)16-29(37)30-17-31-35(42-30)25(4)20-36(43-31)19-24(3)34(41-22-27-12-14-28(39-5)15-13-27)32(44-36)18-33(38)40-21-26-10-8-7-9-11-26/h7-15,23-25,29-32,34-35,37H,6,16-22H2,1-5H3/t23-,24-,25-,29-,30-,31-,32-,34-,35-,36?/m0/s1. The third-order valence-electron chi connectivity index (χ3n) is 9.63. The van der Waals surface area contributed by atoms with E-state index in [0.29, 0.717) is 38.2 Å². The summed E-state index contributed by atoms with van der Waals surface area (Å²) in [6.07, 6.45) is 1.82. The average Bonchev–Trinajstić information content (AvgIpc) is 3.45. The van der Waals surface area contributed by atoms with Gasteiger partial charge in [-0.3, -0.25) is 4.79 Å². The molecule has 3 saturated heterocycles. The number of hydrogen-bond donors (Lipinski definition) is 1. The minimum atomic E-state index is -0.857. The van der Waals surface area contributed by atoms with Gasteiger partial charge in [0.05, 0.1) is 56.8 Å². The first-order valence-electron chi connectivity index (χ1n) is 16.3. The molecule has 0 saturated carbocycles. The fraction of sp³-hybridized carbons (Fsp3) is 0.639. The number of rotatable bonds is 12. The molecule has 0 aliphatic carbocycles. The number of esters is 1. The van der Waals surface area contributed by atoms with Gasteiger partial charge in [-0.2, -0.15) is 0 Å². The van der Waals surface area contributed by atoms with Gasteiger partial charge in [-0.1, -0.05) is 76.6 Å². The summed E-state index contributed by atoms with van der Waals surface area (Å²) in [5.41, 5.74) is 1.95. The van der Waals surface area contributed by atoms with E-state index >= 15 is 0 Å². The van der Waals surface area contributed by atoms with Crippen LogP contribution in [-0.4, -0.2) is 60.6 Å². The molecule has 3 fully saturated rings. The van der Waals surface area contributed by atoms with Crippen LogP contribution < -0.4 is 4.74 Å². The number of hydrogen-bond acceptors (Lipinski definition) is 8. The highest BCUT2D eigenvalue weighted by molar-refractivity contribution is 5.70. The molecule has 1 N–H and O–H groups in total. The lowest BCUT2D eigenvalue weighted by Crippen LogP contribution is -2.59. The predicted molar refractivity (Wildman–Crippen MR) is 166 cm³/mol. The second-order valence-electron chi connectivity index (χ2n) is 13.3. The maximum absolute atomic E-state index is 13.2. The van der Waals surface area contributed by atoms with Gasteiger partial charge in [-0.05, 0) is 47.4 Å². The molecule has 10 atom stereocenters. The average molecular weight is 611 g/mol. The molecule has 5 rings (SSSR count). The molecular weight excluding hydrogens is 560 g/mol. The van der Waals surface area contributed by atoms with Crippen molar-refractivity contribution in [2.24, 2.45) is 17.8 Å². The minimum Gasteiger partial charge on any atom is -0.497 e. The summed E-state index contributed by atoms with van der Waals surface area (Å²) < 4.78 is 37.5. The van der Waals surface area contributed by atoms with Crippen LogP contribution in [0.4, 0.5) is 0 Å². The van der Waals surface area contributed by atoms with E-state index in [9.17, 15) is 9.90 Å². The summed E-state index contributed by atoms with van der Waals surface area (Å²) in [4.78, 5) is 13.2. The Morgan fingerprint density at radius 3 is 2.41 bits per heavy atom. The van der Waals surface area contributed by atoms with Crippen LogP contribution >= 0.6 is 0 Å². The number of aliphatic hydroxyl groups excluding tert-OH is 1. The third-order valence-corrected chi connectivity index (χ3v) is 9.63. The summed E-state index contributed by atoms with van der Waals surface area (Å²) in [5.74, 6) is 0.262. The molecule has 2 aromatic carbocycles. The van der Waals surface area contributed by atoms with E-state index in [2.05, 4.69) is 27.7 Å². The molecule has 8 heteroatoms. The van der Waals surface area contributed by atoms with Crippen LogP contribution in [0, 0.1) is 17.8 Å². The summed E-state index contributed by atoms with van der Waals surface area (Å²) in [6.45, 7) is 9.22. The highest BCUT2D eigenvalue weighted by Crippen LogP contribution is 2.49. The molecule has 44 heavy (non-hydrogen) atoms. The number of fused-ring (bicyclic) bond motifs is 1. The van der Waals surface area contributed by atoms with Gasteiger partial charge in [0, 0.05) is 19.3 Å². The van der Waals surface area contributed by atoms with Crippen molar-refractivity contribution in [1.29, 1.82) is 0 Å². The molecule has 1 spiro atoms. The Labute approximate surface area is 262 Å². The molecule has 0 bridgehead atoms. The maximum Gasteiger partial charge on any atom is 0.308 e. The van der Waals surface area contributed by atoms with Crippen molar-refractivity contribution in [2.45, 2.75) is 122 Å². The Morgan fingerprint density at radius 1 is 1.00 bits per heavy atom. The number of aliphatic hydroxyl groups is 1. The fourth-order valence-corrected chi connectivity index (χ4v) is 7.11. The van der Waals surface area contributed by atoms with Crippen LogP contribution in [0.3, 0.4) is 0 Å². The monoisotopic (exact) mass is 610 g/mol. The Hall–Kier alpha value is -2.49. The lowest BCUT2D eigenvalue weighted by atomic mass is 9.79. The van der Waals surface area contributed by atoms with E-state index in [1.165, 1.54) is 0 Å². The number of methoxy groups -OCH3 is 1. The number of carbonyl (C=O) groups excluding carboxylic acids is 1. The van der Waals surface area contributed by atoms with Gasteiger partial charge in [-0.25, -0.2) is 0 Å². The van der Waals surface area contributed by atoms with E-state index in [-0.39, 0.29) is 55.2 Å². The Balaban J connectivity index is 1.29. The van der Waals surface area contributed by atoms with Crippen molar-refractivity contribution in [3.63, 3.8) is 0 Å². The van der Waals surface area contributed by atoms with Crippen LogP contribution in [0.2, 0.25) is 0 Å². The number of carbonyl (C=O) groups is 1. The first-order valence-corrected chi connectivity index (χ1v) is 16.3. The SMILES string of the molecule is CC[C@H](C)C[C@H](O)[C@@H]1C[C@@H]2OC3(C[C@H](C)[C@H](OCc4ccc(OC)cc4)[C@H](CC(=O)OCc4ccccc4)O3)C[C@H](C)[C@@H]2O1. The lowest BCUT2D eigenvalue weighted by molar-refractivity contribution is -0.356. The molecule has 0 amide bonds. The highest BCUT2D eigenvalue weighted by atomic mass is 16.7. The first kappa shape index (κ1) is 32.9. The van der Waals surface area contributed by atoms with Gasteiger partial charge in [0.1, 0.15) is 12.4 Å². The van der Waals surface area contributed by atoms with Crippen molar-refractivity contribution in [2.75, 3.05) is 7.11 Å². The molecule has 8 nitrogen and oxygen atoms in total. The summed E-state index contributed by atoms with van der Waals surface area (Å²) in [7, 11) is 1.65. The normalized spacial score (nSPS) is 33.0. The van der Waals surface area contributed by atoms with Crippen LogP contribution in [0.5, 0.6) is 5.75 Å². The van der Waals surface area contributed by atoms with Gasteiger partial charge in [0.2, 0.25) is 0 Å². The molecule has 3 aliphatic rings. The molecule has 242 valence electrons. The molecule has 0 radical (unpaired) electrons. The lowest BCUT2D eigenvalue weighted by Gasteiger charge is -2.52. The van der Waals surface area contributed by atoms with E-state index in [1.54, 1.807) is 7.11 Å². The molecule has 0 aromatic heterocycles. The maximum atomic E-state index is 13.2. The third kappa shape index (κ3) is 8.01. The molecular formula is C36H50O8. The van der Waals surface area contributed by atoms with E-state index < -0.39 is 18.0 Å². The quantitative estimate of drug-likeness (QED) is 0.284. The summed E-state index contributed by atoms with van der Waals surface area (Å²) >= 11 is 0.